The number of thioether (sulfide) groups is 1. The number of H-pyrrole nitrogens is 1. The van der Waals surface area contributed by atoms with Crippen LogP contribution < -0.4 is 10.9 Å². The average Bonchev–Trinajstić information content (AvgIpc) is 2.25. The summed E-state index contributed by atoms with van der Waals surface area (Å²) in [5.41, 5.74) is 0.237. The van der Waals surface area contributed by atoms with Crippen molar-refractivity contribution in [2.45, 2.75) is 26.3 Å². The van der Waals surface area contributed by atoms with Crippen LogP contribution in [-0.4, -0.2) is 27.7 Å². The van der Waals surface area contributed by atoms with E-state index >= 15 is 0 Å². The monoisotopic (exact) mass is 261 g/mol. The van der Waals surface area contributed by atoms with Crippen molar-refractivity contribution < 1.29 is 0 Å². The third-order valence-corrected chi connectivity index (χ3v) is 3.40. The maximum Gasteiger partial charge on any atom is 0.285 e. The zero-order valence-electron chi connectivity index (χ0n) is 9.42. The lowest BCUT2D eigenvalue weighted by Gasteiger charge is -2.14. The maximum atomic E-state index is 11.2. The lowest BCUT2D eigenvalue weighted by atomic mass is 10.2. The summed E-state index contributed by atoms with van der Waals surface area (Å²) in [5, 5.41) is 9.34. The highest BCUT2D eigenvalue weighted by atomic mass is 35.5. The first kappa shape index (κ1) is 13.4. The van der Waals surface area contributed by atoms with E-state index in [-0.39, 0.29) is 16.6 Å². The molecule has 0 bridgehead atoms. The number of nitrogens with zero attached hydrogens (tertiary/aromatic N) is 1. The Morgan fingerprint density at radius 1 is 1.69 bits per heavy atom. The van der Waals surface area contributed by atoms with E-state index in [4.69, 9.17) is 11.6 Å². The summed E-state index contributed by atoms with van der Waals surface area (Å²) in [5.74, 6) is 2.22. The fourth-order valence-electron chi connectivity index (χ4n) is 1.23. The van der Waals surface area contributed by atoms with Crippen LogP contribution in [0, 0.1) is 0 Å². The normalized spacial score (nSPS) is 12.4. The Hall–Kier alpha value is -0.680. The van der Waals surface area contributed by atoms with Gasteiger partial charge in [-0.1, -0.05) is 18.5 Å². The highest BCUT2D eigenvalue weighted by Gasteiger charge is 2.07. The van der Waals surface area contributed by atoms with E-state index < -0.39 is 0 Å². The van der Waals surface area contributed by atoms with E-state index in [1.165, 1.54) is 6.20 Å². The SMILES string of the molecule is CCSCCC(C)Nc1cn[nH]c(=O)c1Cl. The molecule has 0 aromatic carbocycles. The summed E-state index contributed by atoms with van der Waals surface area (Å²) in [6.07, 6.45) is 2.56. The quantitative estimate of drug-likeness (QED) is 0.772. The zero-order chi connectivity index (χ0) is 12.0. The fraction of sp³-hybridized carbons (Fsp3) is 0.600. The second kappa shape index (κ2) is 6.81. The molecule has 2 N–H and O–H groups in total. The summed E-state index contributed by atoms with van der Waals surface area (Å²) in [4.78, 5) is 11.2. The molecule has 1 aromatic rings. The maximum absolute atomic E-state index is 11.2. The van der Waals surface area contributed by atoms with Gasteiger partial charge < -0.3 is 5.32 Å². The molecule has 4 nitrogen and oxygen atoms in total. The van der Waals surface area contributed by atoms with Crippen LogP contribution in [0.3, 0.4) is 0 Å². The molecule has 0 aliphatic rings. The van der Waals surface area contributed by atoms with Gasteiger partial charge >= 0.3 is 0 Å². The molecule has 0 aliphatic carbocycles. The van der Waals surface area contributed by atoms with Crippen LogP contribution in [0.25, 0.3) is 0 Å². The van der Waals surface area contributed by atoms with Crippen molar-refractivity contribution in [1.82, 2.24) is 10.2 Å². The van der Waals surface area contributed by atoms with Gasteiger partial charge in [0.05, 0.1) is 11.9 Å². The molecule has 16 heavy (non-hydrogen) atoms. The summed E-state index contributed by atoms with van der Waals surface area (Å²) in [6.45, 7) is 4.20. The minimum atomic E-state index is -0.359. The molecule has 1 unspecified atom stereocenters. The van der Waals surface area contributed by atoms with E-state index in [1.807, 2.05) is 11.8 Å². The molecular formula is C10H16ClN3OS. The van der Waals surface area contributed by atoms with Crippen LogP contribution in [0.15, 0.2) is 11.0 Å². The molecule has 6 heteroatoms. The Morgan fingerprint density at radius 2 is 2.44 bits per heavy atom. The Kier molecular flexibility index (Phi) is 5.69. The van der Waals surface area contributed by atoms with Gasteiger partial charge in [0.2, 0.25) is 0 Å². The predicted octanol–water partition coefficient (Wildman–Crippen LogP) is 2.37. The van der Waals surface area contributed by atoms with E-state index in [9.17, 15) is 4.79 Å². The lowest BCUT2D eigenvalue weighted by molar-refractivity contribution is 0.769. The average molecular weight is 262 g/mol. The van der Waals surface area contributed by atoms with Crippen molar-refractivity contribution in [2.75, 3.05) is 16.8 Å². The third-order valence-electron chi connectivity index (χ3n) is 2.10. The molecule has 1 aromatic heterocycles. The lowest BCUT2D eigenvalue weighted by Crippen LogP contribution is -2.19. The van der Waals surface area contributed by atoms with Crippen LogP contribution in [0.2, 0.25) is 5.02 Å². The van der Waals surface area contributed by atoms with Crippen LogP contribution in [0.1, 0.15) is 20.3 Å². The summed E-state index contributed by atoms with van der Waals surface area (Å²) in [6, 6.07) is 0.278. The number of hydrogen-bond donors (Lipinski definition) is 2. The van der Waals surface area contributed by atoms with Gasteiger partial charge in [-0.3, -0.25) is 4.79 Å². The van der Waals surface area contributed by atoms with Gasteiger partial charge in [0.1, 0.15) is 5.02 Å². The molecule has 0 radical (unpaired) electrons. The second-order valence-electron chi connectivity index (χ2n) is 3.46. The third kappa shape index (κ3) is 4.06. The topological polar surface area (TPSA) is 57.8 Å². The summed E-state index contributed by atoms with van der Waals surface area (Å²) < 4.78 is 0. The first-order valence-corrected chi connectivity index (χ1v) is 6.75. The van der Waals surface area contributed by atoms with Gasteiger partial charge in [0.25, 0.3) is 5.56 Å². The fourth-order valence-corrected chi connectivity index (χ4v) is 2.18. The molecule has 0 spiro atoms. The van der Waals surface area contributed by atoms with Crippen molar-refractivity contribution in [3.8, 4) is 0 Å². The Morgan fingerprint density at radius 3 is 3.12 bits per heavy atom. The van der Waals surface area contributed by atoms with Crippen LogP contribution in [0.4, 0.5) is 5.69 Å². The molecule has 90 valence electrons. The number of nitrogens with one attached hydrogen (secondary N) is 2. The van der Waals surface area contributed by atoms with E-state index in [0.717, 1.165) is 17.9 Å². The molecule has 0 amide bonds. The first-order valence-electron chi connectivity index (χ1n) is 5.22. The van der Waals surface area contributed by atoms with Crippen molar-refractivity contribution in [2.24, 2.45) is 0 Å². The van der Waals surface area contributed by atoms with Gasteiger partial charge in [-0.15, -0.1) is 0 Å². The molecule has 0 aliphatic heterocycles. The van der Waals surface area contributed by atoms with Crippen LogP contribution in [0.5, 0.6) is 0 Å². The minimum Gasteiger partial charge on any atom is -0.380 e. The molecule has 1 heterocycles. The zero-order valence-corrected chi connectivity index (χ0v) is 11.0. The number of rotatable bonds is 6. The Bertz CT molecular complexity index is 383. The first-order chi connectivity index (χ1) is 7.65. The molecule has 0 fully saturated rings. The van der Waals surface area contributed by atoms with Gasteiger partial charge in [0.15, 0.2) is 0 Å². The number of aromatic nitrogens is 2. The molecule has 0 saturated heterocycles. The Balaban J connectivity index is 2.52. The number of hydrogen-bond acceptors (Lipinski definition) is 4. The van der Waals surface area contributed by atoms with Crippen molar-refractivity contribution in [1.29, 1.82) is 0 Å². The molecule has 1 rings (SSSR count). The van der Waals surface area contributed by atoms with Gasteiger partial charge in [-0.05, 0) is 24.9 Å². The van der Waals surface area contributed by atoms with E-state index in [0.29, 0.717) is 5.69 Å². The number of halogens is 1. The smallest absolute Gasteiger partial charge is 0.285 e. The molecular weight excluding hydrogens is 246 g/mol. The van der Waals surface area contributed by atoms with Crippen molar-refractivity contribution in [3.05, 3.63) is 21.6 Å². The second-order valence-corrected chi connectivity index (χ2v) is 5.23. The van der Waals surface area contributed by atoms with Gasteiger partial charge in [-0.2, -0.15) is 16.9 Å². The minimum absolute atomic E-state index is 0.171. The standard InChI is InChI=1S/C10H16ClN3OS/c1-3-16-5-4-7(2)13-8-6-12-14-10(15)9(8)11/h6-7H,3-5H2,1-2H3,(H2,13,14,15). The number of anilines is 1. The van der Waals surface area contributed by atoms with Crippen molar-refractivity contribution >= 4 is 29.1 Å². The van der Waals surface area contributed by atoms with Gasteiger partial charge in [0, 0.05) is 6.04 Å². The highest BCUT2D eigenvalue weighted by molar-refractivity contribution is 7.99. The largest absolute Gasteiger partial charge is 0.380 e. The van der Waals surface area contributed by atoms with E-state index in [1.54, 1.807) is 0 Å². The van der Waals surface area contributed by atoms with E-state index in [2.05, 4.69) is 29.4 Å². The predicted molar refractivity (Wildman–Crippen MR) is 70.6 cm³/mol. The number of aromatic amines is 1. The highest BCUT2D eigenvalue weighted by Crippen LogP contribution is 2.16. The van der Waals surface area contributed by atoms with Crippen LogP contribution in [-0.2, 0) is 0 Å². The molecule has 1 atom stereocenters. The van der Waals surface area contributed by atoms with Gasteiger partial charge in [-0.25, -0.2) is 5.10 Å². The Labute approximate surface area is 104 Å². The van der Waals surface area contributed by atoms with Crippen LogP contribution >= 0.6 is 23.4 Å². The van der Waals surface area contributed by atoms with Crippen molar-refractivity contribution in [3.63, 3.8) is 0 Å². The summed E-state index contributed by atoms with van der Waals surface area (Å²) >= 11 is 7.74. The summed E-state index contributed by atoms with van der Waals surface area (Å²) in [7, 11) is 0. The molecule has 0 saturated carbocycles.